The molecule has 0 aliphatic carbocycles. The summed E-state index contributed by atoms with van der Waals surface area (Å²) in [4.78, 5) is 4.06. The first-order valence-electron chi connectivity index (χ1n) is 5.75. The molecule has 0 aliphatic rings. The van der Waals surface area contributed by atoms with Crippen molar-refractivity contribution in [2.75, 3.05) is 5.32 Å². The summed E-state index contributed by atoms with van der Waals surface area (Å²) in [5, 5.41) is 3.44. The van der Waals surface area contributed by atoms with Crippen LogP contribution in [-0.2, 0) is 6.42 Å². The van der Waals surface area contributed by atoms with Gasteiger partial charge in [0.2, 0.25) is 0 Å². The highest BCUT2D eigenvalue weighted by atomic mass is 79.9. The fourth-order valence-electron chi connectivity index (χ4n) is 1.75. The molecular weight excluding hydrogens is 276 g/mol. The molecule has 0 radical (unpaired) electrons. The molecule has 3 heteroatoms. The molecule has 88 valence electrons. The lowest BCUT2D eigenvalue weighted by atomic mass is 10.1. The van der Waals surface area contributed by atoms with Crippen LogP contribution < -0.4 is 5.32 Å². The number of nitrogens with one attached hydrogen (secondary N) is 1. The summed E-state index contributed by atoms with van der Waals surface area (Å²) in [7, 11) is 0. The van der Waals surface area contributed by atoms with Gasteiger partial charge in [0.15, 0.2) is 0 Å². The largest absolute Gasteiger partial charge is 0.354 e. The van der Waals surface area contributed by atoms with Gasteiger partial charge in [0.05, 0.1) is 10.2 Å². The number of hydrogen-bond acceptors (Lipinski definition) is 2. The van der Waals surface area contributed by atoms with Crippen LogP contribution >= 0.6 is 15.9 Å². The van der Waals surface area contributed by atoms with Crippen LogP contribution in [0.4, 0.5) is 11.4 Å². The van der Waals surface area contributed by atoms with E-state index in [9.17, 15) is 0 Å². The molecule has 0 bridgehead atoms. The highest BCUT2D eigenvalue weighted by Gasteiger charge is 2.03. The van der Waals surface area contributed by atoms with E-state index in [0.29, 0.717) is 0 Å². The van der Waals surface area contributed by atoms with Crippen LogP contribution in [0.2, 0.25) is 0 Å². The average molecular weight is 291 g/mol. The lowest BCUT2D eigenvalue weighted by Crippen LogP contribution is -1.96. The van der Waals surface area contributed by atoms with Gasteiger partial charge in [-0.15, -0.1) is 0 Å². The number of nitrogens with zero attached hydrogens (tertiary/aromatic N) is 1. The third-order valence-corrected chi connectivity index (χ3v) is 3.21. The second-order valence-electron chi connectivity index (χ2n) is 3.89. The van der Waals surface area contributed by atoms with Crippen molar-refractivity contribution in [2.24, 2.45) is 0 Å². The summed E-state index contributed by atoms with van der Waals surface area (Å²) < 4.78 is 0.978. The van der Waals surface area contributed by atoms with Gasteiger partial charge < -0.3 is 5.32 Å². The summed E-state index contributed by atoms with van der Waals surface area (Å²) in [6, 6.07) is 10.4. The third kappa shape index (κ3) is 3.07. The minimum absolute atomic E-state index is 0.978. The molecule has 0 fully saturated rings. The first kappa shape index (κ1) is 12.1. The first-order chi connectivity index (χ1) is 8.31. The summed E-state index contributed by atoms with van der Waals surface area (Å²) in [5.41, 5.74) is 3.56. The Labute approximate surface area is 110 Å². The van der Waals surface area contributed by atoms with Crippen LogP contribution in [0.5, 0.6) is 0 Å². The SMILES string of the molecule is CCCc1ccccc1Nc1ccncc1Br. The van der Waals surface area contributed by atoms with Gasteiger partial charge in [0.1, 0.15) is 0 Å². The van der Waals surface area contributed by atoms with Crippen molar-refractivity contribution >= 4 is 27.3 Å². The number of para-hydroxylation sites is 1. The molecule has 1 N–H and O–H groups in total. The summed E-state index contributed by atoms with van der Waals surface area (Å²) >= 11 is 3.49. The normalized spacial score (nSPS) is 10.2. The highest BCUT2D eigenvalue weighted by molar-refractivity contribution is 9.10. The lowest BCUT2D eigenvalue weighted by Gasteiger charge is -2.12. The van der Waals surface area contributed by atoms with Gasteiger partial charge in [-0.2, -0.15) is 0 Å². The fourth-order valence-corrected chi connectivity index (χ4v) is 2.10. The van der Waals surface area contributed by atoms with Crippen molar-refractivity contribution in [3.63, 3.8) is 0 Å². The zero-order valence-corrected chi connectivity index (χ0v) is 11.4. The van der Waals surface area contributed by atoms with Crippen LogP contribution in [0.3, 0.4) is 0 Å². The maximum Gasteiger partial charge on any atom is 0.0593 e. The van der Waals surface area contributed by atoms with Gasteiger partial charge in [-0.3, -0.25) is 4.98 Å². The fraction of sp³-hybridized carbons (Fsp3) is 0.214. The molecule has 2 rings (SSSR count). The van der Waals surface area contributed by atoms with E-state index in [1.54, 1.807) is 12.4 Å². The van der Waals surface area contributed by atoms with E-state index in [4.69, 9.17) is 0 Å². The Bertz CT molecular complexity index is 497. The van der Waals surface area contributed by atoms with Gasteiger partial charge in [-0.1, -0.05) is 31.5 Å². The molecular formula is C14H15BrN2. The van der Waals surface area contributed by atoms with E-state index in [1.165, 1.54) is 11.3 Å². The molecule has 0 unspecified atom stereocenters. The van der Waals surface area contributed by atoms with E-state index in [-0.39, 0.29) is 0 Å². The molecule has 17 heavy (non-hydrogen) atoms. The Kier molecular flexibility index (Phi) is 4.15. The van der Waals surface area contributed by atoms with Crippen LogP contribution in [-0.4, -0.2) is 4.98 Å². The molecule has 0 saturated carbocycles. The zero-order valence-electron chi connectivity index (χ0n) is 9.78. The van der Waals surface area contributed by atoms with Crippen molar-refractivity contribution in [3.05, 3.63) is 52.8 Å². The average Bonchev–Trinajstić information content (AvgIpc) is 2.35. The van der Waals surface area contributed by atoms with Crippen molar-refractivity contribution in [1.82, 2.24) is 4.98 Å². The van der Waals surface area contributed by atoms with Gasteiger partial charge in [-0.05, 0) is 40.0 Å². The Morgan fingerprint density at radius 1 is 1.18 bits per heavy atom. The molecule has 0 spiro atoms. The highest BCUT2D eigenvalue weighted by Crippen LogP contribution is 2.26. The summed E-state index contributed by atoms with van der Waals surface area (Å²) in [5.74, 6) is 0. The van der Waals surface area contributed by atoms with Crippen molar-refractivity contribution in [2.45, 2.75) is 19.8 Å². The number of benzene rings is 1. The van der Waals surface area contributed by atoms with E-state index in [1.807, 2.05) is 6.07 Å². The number of aromatic nitrogens is 1. The molecule has 0 saturated heterocycles. The minimum Gasteiger partial charge on any atom is -0.354 e. The Morgan fingerprint density at radius 3 is 2.76 bits per heavy atom. The van der Waals surface area contributed by atoms with Gasteiger partial charge in [0.25, 0.3) is 0 Å². The molecule has 1 aromatic carbocycles. The quantitative estimate of drug-likeness (QED) is 0.894. The van der Waals surface area contributed by atoms with Gasteiger partial charge in [0, 0.05) is 18.1 Å². The Hall–Kier alpha value is -1.35. The smallest absolute Gasteiger partial charge is 0.0593 e. The number of halogens is 1. The van der Waals surface area contributed by atoms with Crippen molar-refractivity contribution in [1.29, 1.82) is 0 Å². The molecule has 1 aromatic heterocycles. The number of rotatable bonds is 4. The number of anilines is 2. The molecule has 1 heterocycles. The maximum atomic E-state index is 4.06. The monoisotopic (exact) mass is 290 g/mol. The second-order valence-corrected chi connectivity index (χ2v) is 4.74. The Morgan fingerprint density at radius 2 is 2.00 bits per heavy atom. The van der Waals surface area contributed by atoms with Crippen molar-refractivity contribution < 1.29 is 0 Å². The van der Waals surface area contributed by atoms with E-state index < -0.39 is 0 Å². The third-order valence-electron chi connectivity index (χ3n) is 2.58. The van der Waals surface area contributed by atoms with E-state index >= 15 is 0 Å². The lowest BCUT2D eigenvalue weighted by molar-refractivity contribution is 0.923. The van der Waals surface area contributed by atoms with Crippen LogP contribution in [0, 0.1) is 0 Å². The maximum absolute atomic E-state index is 4.06. The van der Waals surface area contributed by atoms with Gasteiger partial charge in [-0.25, -0.2) is 0 Å². The van der Waals surface area contributed by atoms with Crippen LogP contribution in [0.25, 0.3) is 0 Å². The molecule has 2 aromatic rings. The van der Waals surface area contributed by atoms with Gasteiger partial charge >= 0.3 is 0 Å². The molecule has 2 nitrogen and oxygen atoms in total. The van der Waals surface area contributed by atoms with Crippen LogP contribution in [0.15, 0.2) is 47.2 Å². The summed E-state index contributed by atoms with van der Waals surface area (Å²) in [6.07, 6.45) is 5.82. The predicted molar refractivity (Wildman–Crippen MR) is 75.7 cm³/mol. The second kappa shape index (κ2) is 5.82. The number of aryl methyl sites for hydroxylation is 1. The zero-order chi connectivity index (χ0) is 12.1. The first-order valence-corrected chi connectivity index (χ1v) is 6.55. The predicted octanol–water partition coefficient (Wildman–Crippen LogP) is 4.54. The molecule has 0 atom stereocenters. The minimum atomic E-state index is 0.978. The standard InChI is InChI=1S/C14H15BrN2/c1-2-5-11-6-3-4-7-13(11)17-14-8-9-16-10-12(14)15/h3-4,6-10H,2,5H2,1H3,(H,16,17). The summed E-state index contributed by atoms with van der Waals surface area (Å²) in [6.45, 7) is 2.19. The number of pyridine rings is 1. The van der Waals surface area contributed by atoms with E-state index in [2.05, 4.69) is 57.4 Å². The Balaban J connectivity index is 2.27. The van der Waals surface area contributed by atoms with E-state index in [0.717, 1.165) is 23.0 Å². The molecule has 0 amide bonds. The van der Waals surface area contributed by atoms with Crippen LogP contribution in [0.1, 0.15) is 18.9 Å². The topological polar surface area (TPSA) is 24.9 Å². The number of hydrogen-bond donors (Lipinski definition) is 1. The van der Waals surface area contributed by atoms with Crippen molar-refractivity contribution in [3.8, 4) is 0 Å². The molecule has 0 aliphatic heterocycles.